The highest BCUT2D eigenvalue weighted by atomic mass is 16.7. The Bertz CT molecular complexity index is 1080. The lowest BCUT2D eigenvalue weighted by atomic mass is 9.97. The molecular formula is C27H30O6. The molecule has 3 aromatic rings. The zero-order chi connectivity index (χ0) is 23.2. The molecule has 4 rings (SSSR count). The summed E-state index contributed by atoms with van der Waals surface area (Å²) in [6, 6.07) is 16.5. The second kappa shape index (κ2) is 10.4. The first-order valence-electron chi connectivity index (χ1n) is 11.0. The van der Waals surface area contributed by atoms with Gasteiger partial charge in [0.2, 0.25) is 12.5 Å². The van der Waals surface area contributed by atoms with Crippen LogP contribution >= 0.6 is 0 Å². The Morgan fingerprint density at radius 1 is 0.606 bits per heavy atom. The molecule has 0 unspecified atom stereocenters. The molecule has 6 heteroatoms. The maximum absolute atomic E-state index is 5.84. The molecule has 1 aliphatic heterocycles. The summed E-state index contributed by atoms with van der Waals surface area (Å²) in [5, 5.41) is 0. The van der Waals surface area contributed by atoms with Crippen molar-refractivity contribution < 1.29 is 28.4 Å². The second-order valence-corrected chi connectivity index (χ2v) is 7.83. The van der Waals surface area contributed by atoms with Crippen LogP contribution in [0.4, 0.5) is 0 Å². The normalized spacial score (nSPS) is 11.9. The second-order valence-electron chi connectivity index (χ2n) is 7.83. The fraction of sp³-hybridized carbons (Fsp3) is 0.333. The maximum Gasteiger partial charge on any atom is 0.231 e. The van der Waals surface area contributed by atoms with Crippen LogP contribution in [0.1, 0.15) is 22.3 Å². The first kappa shape index (κ1) is 22.6. The zero-order valence-corrected chi connectivity index (χ0v) is 19.6. The molecule has 1 heterocycles. The van der Waals surface area contributed by atoms with E-state index in [0.717, 1.165) is 48.5 Å². The molecule has 0 fully saturated rings. The van der Waals surface area contributed by atoms with E-state index >= 15 is 0 Å². The van der Waals surface area contributed by atoms with E-state index in [1.807, 2.05) is 18.2 Å². The predicted molar refractivity (Wildman–Crippen MR) is 126 cm³/mol. The Morgan fingerprint density at radius 3 is 1.82 bits per heavy atom. The summed E-state index contributed by atoms with van der Waals surface area (Å²) in [4.78, 5) is 0. The number of para-hydroxylation sites is 1. The minimum Gasteiger partial charge on any atom is -0.496 e. The quantitative estimate of drug-likeness (QED) is 0.432. The van der Waals surface area contributed by atoms with Gasteiger partial charge in [0, 0.05) is 0 Å². The van der Waals surface area contributed by atoms with E-state index in [0.29, 0.717) is 24.0 Å². The van der Waals surface area contributed by atoms with Crippen LogP contribution in [0.25, 0.3) is 0 Å². The molecule has 0 aliphatic carbocycles. The fourth-order valence-corrected chi connectivity index (χ4v) is 4.23. The molecule has 0 aromatic heterocycles. The Hall–Kier alpha value is -3.54. The Labute approximate surface area is 195 Å². The van der Waals surface area contributed by atoms with Gasteiger partial charge < -0.3 is 28.4 Å². The van der Waals surface area contributed by atoms with Crippen molar-refractivity contribution in [3.8, 4) is 34.5 Å². The Kier molecular flexibility index (Phi) is 7.13. The molecule has 0 N–H and O–H groups in total. The molecule has 33 heavy (non-hydrogen) atoms. The van der Waals surface area contributed by atoms with Crippen LogP contribution in [-0.2, 0) is 25.7 Å². The fourth-order valence-electron chi connectivity index (χ4n) is 4.23. The average molecular weight is 451 g/mol. The van der Waals surface area contributed by atoms with Gasteiger partial charge in [-0.1, -0.05) is 24.3 Å². The van der Waals surface area contributed by atoms with Crippen LogP contribution in [0.2, 0.25) is 0 Å². The van der Waals surface area contributed by atoms with Crippen LogP contribution in [0, 0.1) is 0 Å². The van der Waals surface area contributed by atoms with E-state index < -0.39 is 0 Å². The van der Waals surface area contributed by atoms with Crippen LogP contribution < -0.4 is 28.4 Å². The standard InChI is InChI=1S/C27H30O6/c1-28-24-15-19(16-25(29-2)27(24)31-4)9-12-21-7-5-6-20(26(21)30-3)11-8-18-10-13-22-23(14-18)33-17-32-22/h5-7,10,13-16H,8-9,11-12,17H2,1-4H3. The monoisotopic (exact) mass is 450 g/mol. The highest BCUT2D eigenvalue weighted by Gasteiger charge is 2.16. The van der Waals surface area contributed by atoms with E-state index in [1.54, 1.807) is 28.4 Å². The smallest absolute Gasteiger partial charge is 0.231 e. The zero-order valence-electron chi connectivity index (χ0n) is 19.6. The van der Waals surface area contributed by atoms with Crippen molar-refractivity contribution in [2.24, 2.45) is 0 Å². The Morgan fingerprint density at radius 2 is 1.21 bits per heavy atom. The molecule has 0 saturated heterocycles. The van der Waals surface area contributed by atoms with Gasteiger partial charge in [-0.2, -0.15) is 0 Å². The first-order chi connectivity index (χ1) is 16.2. The lowest BCUT2D eigenvalue weighted by Crippen LogP contribution is -2.02. The number of fused-ring (bicyclic) bond motifs is 1. The third kappa shape index (κ3) is 4.95. The highest BCUT2D eigenvalue weighted by molar-refractivity contribution is 5.54. The van der Waals surface area contributed by atoms with Crippen molar-refractivity contribution in [3.63, 3.8) is 0 Å². The lowest BCUT2D eigenvalue weighted by molar-refractivity contribution is 0.174. The van der Waals surface area contributed by atoms with Crippen molar-refractivity contribution in [2.75, 3.05) is 35.2 Å². The van der Waals surface area contributed by atoms with Gasteiger partial charge in [-0.25, -0.2) is 0 Å². The molecule has 1 aliphatic rings. The number of ether oxygens (including phenoxy) is 6. The summed E-state index contributed by atoms with van der Waals surface area (Å²) < 4.78 is 33.2. The predicted octanol–water partition coefficient (Wildman–Crippen LogP) is 5.02. The number of hydrogen-bond donors (Lipinski definition) is 0. The third-order valence-corrected chi connectivity index (χ3v) is 5.91. The molecule has 0 atom stereocenters. The van der Waals surface area contributed by atoms with Crippen LogP contribution in [0.5, 0.6) is 34.5 Å². The van der Waals surface area contributed by atoms with Gasteiger partial charge in [0.15, 0.2) is 23.0 Å². The summed E-state index contributed by atoms with van der Waals surface area (Å²) in [7, 11) is 6.61. The van der Waals surface area contributed by atoms with E-state index in [2.05, 4.69) is 30.3 Å². The number of methoxy groups -OCH3 is 4. The molecule has 0 spiro atoms. The summed E-state index contributed by atoms with van der Waals surface area (Å²) in [6.45, 7) is 0.292. The molecule has 0 saturated carbocycles. The SMILES string of the molecule is COc1cc(CCc2cccc(CCc3ccc4c(c3)OCO4)c2OC)cc(OC)c1OC. The van der Waals surface area contributed by atoms with Gasteiger partial charge in [0.05, 0.1) is 28.4 Å². The van der Waals surface area contributed by atoms with Crippen LogP contribution in [-0.4, -0.2) is 35.2 Å². The molecule has 0 radical (unpaired) electrons. The van der Waals surface area contributed by atoms with Crippen molar-refractivity contribution in [2.45, 2.75) is 25.7 Å². The first-order valence-corrected chi connectivity index (χ1v) is 11.0. The van der Waals surface area contributed by atoms with Gasteiger partial charge >= 0.3 is 0 Å². The van der Waals surface area contributed by atoms with E-state index in [4.69, 9.17) is 28.4 Å². The van der Waals surface area contributed by atoms with Gasteiger partial charge in [-0.3, -0.25) is 0 Å². The number of aryl methyl sites for hydroxylation is 4. The van der Waals surface area contributed by atoms with Gasteiger partial charge in [-0.05, 0) is 72.2 Å². The molecular weight excluding hydrogens is 420 g/mol. The third-order valence-electron chi connectivity index (χ3n) is 5.91. The molecule has 174 valence electrons. The number of hydrogen-bond acceptors (Lipinski definition) is 6. The van der Waals surface area contributed by atoms with E-state index in [-0.39, 0.29) is 0 Å². The minimum absolute atomic E-state index is 0.292. The van der Waals surface area contributed by atoms with Crippen molar-refractivity contribution in [1.29, 1.82) is 0 Å². The highest BCUT2D eigenvalue weighted by Crippen LogP contribution is 2.39. The molecule has 3 aromatic carbocycles. The summed E-state index contributed by atoms with van der Waals surface area (Å²) >= 11 is 0. The van der Waals surface area contributed by atoms with E-state index in [9.17, 15) is 0 Å². The average Bonchev–Trinajstić information content (AvgIpc) is 3.33. The van der Waals surface area contributed by atoms with Crippen LogP contribution in [0.3, 0.4) is 0 Å². The topological polar surface area (TPSA) is 55.4 Å². The molecule has 0 amide bonds. The summed E-state index contributed by atoms with van der Waals surface area (Å²) in [6.07, 6.45) is 3.42. The van der Waals surface area contributed by atoms with Crippen LogP contribution in [0.15, 0.2) is 48.5 Å². The summed E-state index contributed by atoms with van der Waals surface area (Å²) in [5.74, 6) is 4.51. The van der Waals surface area contributed by atoms with Crippen molar-refractivity contribution in [1.82, 2.24) is 0 Å². The lowest BCUT2D eigenvalue weighted by Gasteiger charge is -2.16. The van der Waals surface area contributed by atoms with Gasteiger partial charge in [0.1, 0.15) is 5.75 Å². The van der Waals surface area contributed by atoms with Gasteiger partial charge in [0.25, 0.3) is 0 Å². The van der Waals surface area contributed by atoms with Gasteiger partial charge in [-0.15, -0.1) is 0 Å². The number of rotatable bonds is 10. The largest absolute Gasteiger partial charge is 0.496 e. The maximum atomic E-state index is 5.84. The van der Waals surface area contributed by atoms with Crippen molar-refractivity contribution in [3.05, 3.63) is 70.8 Å². The summed E-state index contributed by atoms with van der Waals surface area (Å²) in [5.41, 5.74) is 4.69. The molecule has 6 nitrogen and oxygen atoms in total. The molecule has 0 bridgehead atoms. The Balaban J connectivity index is 1.48. The van der Waals surface area contributed by atoms with Crippen molar-refractivity contribution >= 4 is 0 Å². The number of benzene rings is 3. The van der Waals surface area contributed by atoms with E-state index in [1.165, 1.54) is 16.7 Å². The minimum atomic E-state index is 0.292.